The van der Waals surface area contributed by atoms with E-state index in [4.69, 9.17) is 25.7 Å². The van der Waals surface area contributed by atoms with Gasteiger partial charge in [-0.3, -0.25) is 14.4 Å². The molecule has 1 aliphatic heterocycles. The first kappa shape index (κ1) is 35.3. The molecule has 5 aliphatic rings. The lowest BCUT2D eigenvalue weighted by atomic mass is 9.34. The van der Waals surface area contributed by atoms with Crippen molar-refractivity contribution in [3.8, 4) is 0 Å². The van der Waals surface area contributed by atoms with Crippen LogP contribution in [0.5, 0.6) is 0 Å². The van der Waals surface area contributed by atoms with Crippen molar-refractivity contribution in [2.45, 2.75) is 125 Å². The van der Waals surface area contributed by atoms with Crippen molar-refractivity contribution in [2.75, 3.05) is 19.8 Å². The number of allylic oxidation sites excluding steroid dienone is 1. The molecule has 0 amide bonds. The van der Waals surface area contributed by atoms with Gasteiger partial charge in [0.1, 0.15) is 18.2 Å². The highest BCUT2D eigenvalue weighted by atomic mass is 16.6. The van der Waals surface area contributed by atoms with Gasteiger partial charge in [-0.15, -0.1) is 0 Å². The molecule has 0 aromatic carbocycles. The maximum absolute atomic E-state index is 13.3. The number of aliphatic carboxylic acids is 1. The van der Waals surface area contributed by atoms with E-state index in [1.54, 1.807) is 0 Å². The van der Waals surface area contributed by atoms with Crippen LogP contribution in [0, 0.1) is 56.7 Å². The minimum absolute atomic E-state index is 0.152. The molecular weight excluding hydrogens is 584 g/mol. The first-order chi connectivity index (χ1) is 21.4. The number of hydrogen-bond donors (Lipinski definition) is 3. The van der Waals surface area contributed by atoms with Crippen molar-refractivity contribution < 1.29 is 33.7 Å². The predicted octanol–water partition coefficient (Wildman–Crippen LogP) is 5.48. The average molecular weight is 645 g/mol. The molecule has 5 rings (SSSR count). The second-order valence-electron chi connectivity index (χ2n) is 17.1. The van der Waals surface area contributed by atoms with Gasteiger partial charge in [0.2, 0.25) is 0 Å². The third-order valence-electron chi connectivity index (χ3n) is 14.7. The van der Waals surface area contributed by atoms with Gasteiger partial charge in [0.05, 0.1) is 19.1 Å². The Morgan fingerprint density at radius 1 is 1.04 bits per heavy atom. The largest absolute Gasteiger partial charge is 0.481 e. The summed E-state index contributed by atoms with van der Waals surface area (Å²) >= 11 is 0. The lowest BCUT2D eigenvalue weighted by Gasteiger charge is -2.71. The Morgan fingerprint density at radius 2 is 1.74 bits per heavy atom. The van der Waals surface area contributed by atoms with Crippen molar-refractivity contribution in [1.29, 1.82) is 0 Å². The van der Waals surface area contributed by atoms with Gasteiger partial charge >= 0.3 is 17.9 Å². The number of ether oxygens (including phenoxy) is 3. The quantitative estimate of drug-likeness (QED) is 0.219. The zero-order valence-corrected chi connectivity index (χ0v) is 29.5. The monoisotopic (exact) mass is 644 g/mol. The van der Waals surface area contributed by atoms with Crippen molar-refractivity contribution in [3.63, 3.8) is 0 Å². The Morgan fingerprint density at radius 3 is 2.35 bits per heavy atom. The molecule has 4 fully saturated rings. The molecule has 0 aromatic heterocycles. The van der Waals surface area contributed by atoms with Crippen LogP contribution >= 0.6 is 0 Å². The number of rotatable bonds is 9. The van der Waals surface area contributed by atoms with Gasteiger partial charge in [0, 0.05) is 17.8 Å². The van der Waals surface area contributed by atoms with Crippen LogP contribution in [-0.4, -0.2) is 61.0 Å². The van der Waals surface area contributed by atoms with Gasteiger partial charge < -0.3 is 30.8 Å². The Kier molecular flexibility index (Phi) is 9.35. The minimum atomic E-state index is -0.798. The molecule has 46 heavy (non-hydrogen) atoms. The Hall–Kier alpha value is -1.97. The van der Waals surface area contributed by atoms with Gasteiger partial charge in [-0.1, -0.05) is 60.1 Å². The zero-order chi connectivity index (χ0) is 34.0. The third kappa shape index (κ3) is 5.08. The molecule has 0 radical (unpaired) electrons. The summed E-state index contributed by atoms with van der Waals surface area (Å²) in [5.41, 5.74) is 11.3. The fourth-order valence-electron chi connectivity index (χ4n) is 11.8. The van der Waals surface area contributed by atoms with Crippen molar-refractivity contribution in [2.24, 2.45) is 68.1 Å². The van der Waals surface area contributed by atoms with Crippen LogP contribution < -0.4 is 11.5 Å². The summed E-state index contributed by atoms with van der Waals surface area (Å²) in [7, 11) is 0. The summed E-state index contributed by atoms with van der Waals surface area (Å²) < 4.78 is 18.7. The van der Waals surface area contributed by atoms with E-state index in [1.165, 1.54) is 12.5 Å². The molecule has 9 heteroatoms. The van der Waals surface area contributed by atoms with Gasteiger partial charge in [-0.25, -0.2) is 0 Å². The molecule has 3 saturated carbocycles. The van der Waals surface area contributed by atoms with E-state index in [-0.39, 0.29) is 28.6 Å². The van der Waals surface area contributed by atoms with E-state index in [1.807, 2.05) is 0 Å². The van der Waals surface area contributed by atoms with Crippen molar-refractivity contribution in [1.82, 2.24) is 0 Å². The van der Waals surface area contributed by atoms with Gasteiger partial charge in [0.15, 0.2) is 0 Å². The van der Waals surface area contributed by atoms with Crippen molar-refractivity contribution >= 4 is 17.9 Å². The lowest BCUT2D eigenvalue weighted by Crippen LogP contribution is -2.70. The Labute approximate surface area is 275 Å². The number of carbonyl (C=O) groups is 3. The molecule has 9 nitrogen and oxygen atoms in total. The fraction of sp³-hybridized carbons (Fsp3) is 0.865. The van der Waals surface area contributed by atoms with Crippen LogP contribution in [0.4, 0.5) is 0 Å². The van der Waals surface area contributed by atoms with E-state index in [0.717, 1.165) is 25.7 Å². The third-order valence-corrected chi connectivity index (χ3v) is 14.7. The first-order valence-electron chi connectivity index (χ1n) is 17.8. The molecule has 2 bridgehead atoms. The number of nitrogens with two attached hydrogens (primary N) is 2. The standard InChI is InChI=1S/C37H60N2O7/c1-21(2)22(3)33(5)15-16-35(7)24-11-12-28-34(6)19-44-20-37(28,25(24)13-14-36(35,8)29(33)31(41)42)18-27(45-23(4)40)30(34)46-32(43)26(39)10-9-17-38/h13,21-22,24,26-30H,9-12,14-20,38-39H2,1-8H3,(H,41,42)/t22-,24+,26?,27-,28+,29-,30+,33-,34-,35-,36+,37+/m1/s1. The zero-order valence-electron chi connectivity index (χ0n) is 29.5. The summed E-state index contributed by atoms with van der Waals surface area (Å²) in [6.45, 7) is 18.4. The first-order valence-corrected chi connectivity index (χ1v) is 17.8. The van der Waals surface area contributed by atoms with Crippen LogP contribution in [-0.2, 0) is 28.6 Å². The maximum Gasteiger partial charge on any atom is 0.323 e. The van der Waals surface area contributed by atoms with Gasteiger partial charge in [-0.05, 0) is 97.8 Å². The summed E-state index contributed by atoms with van der Waals surface area (Å²) in [5.74, 6) is -1.05. The SMILES string of the molecule is CC(=O)O[C@@H]1C[C@@]23COC[C@](C)([C@@H]2CC[C@H]2C3=CC[C@@]3(C)[C@H](C(=O)O)[C@@](C)([C@H](C)C(C)C)CC[C@]23C)[C@H]1OC(=O)C(N)CCCN. The van der Waals surface area contributed by atoms with Gasteiger partial charge in [-0.2, -0.15) is 0 Å². The van der Waals surface area contributed by atoms with E-state index < -0.39 is 58.3 Å². The molecule has 12 atom stereocenters. The molecule has 5 N–H and O–H groups in total. The van der Waals surface area contributed by atoms with E-state index >= 15 is 0 Å². The second-order valence-corrected chi connectivity index (χ2v) is 17.1. The fourth-order valence-corrected chi connectivity index (χ4v) is 11.8. The van der Waals surface area contributed by atoms with Gasteiger partial charge in [0.25, 0.3) is 0 Å². The molecule has 1 unspecified atom stereocenters. The summed E-state index contributed by atoms with van der Waals surface area (Å²) in [5, 5.41) is 10.9. The van der Waals surface area contributed by atoms with E-state index in [9.17, 15) is 19.5 Å². The van der Waals surface area contributed by atoms with E-state index in [0.29, 0.717) is 51.4 Å². The summed E-state index contributed by atoms with van der Waals surface area (Å²) in [6.07, 6.45) is 6.98. The highest BCUT2D eigenvalue weighted by Gasteiger charge is 2.72. The summed E-state index contributed by atoms with van der Waals surface area (Å²) in [6, 6.07) is -0.798. The van der Waals surface area contributed by atoms with Crippen LogP contribution in [0.15, 0.2) is 11.6 Å². The Bertz CT molecular complexity index is 1250. The maximum atomic E-state index is 13.3. The molecule has 0 spiro atoms. The summed E-state index contributed by atoms with van der Waals surface area (Å²) in [4.78, 5) is 39.1. The highest BCUT2D eigenvalue weighted by molar-refractivity contribution is 5.76. The molecule has 1 heterocycles. The molecule has 1 saturated heterocycles. The number of hydrogen-bond acceptors (Lipinski definition) is 8. The molecule has 0 aromatic rings. The van der Waals surface area contributed by atoms with Crippen LogP contribution in [0.3, 0.4) is 0 Å². The normalized spacial score (nSPS) is 44.5. The van der Waals surface area contributed by atoms with Crippen LogP contribution in [0.1, 0.15) is 107 Å². The Balaban J connectivity index is 1.56. The number of carboxylic acids is 1. The average Bonchev–Trinajstić information content (AvgIpc) is 2.97. The highest BCUT2D eigenvalue weighted by Crippen LogP contribution is 2.75. The topological polar surface area (TPSA) is 151 Å². The molecular formula is C37H60N2O7. The number of carbonyl (C=O) groups excluding carboxylic acids is 2. The molecule has 260 valence electrons. The lowest BCUT2D eigenvalue weighted by molar-refractivity contribution is -0.263. The predicted molar refractivity (Wildman–Crippen MR) is 175 cm³/mol. The second kappa shape index (κ2) is 12.2. The number of fused-ring (bicyclic) bond motifs is 3. The minimum Gasteiger partial charge on any atom is -0.481 e. The molecule has 4 aliphatic carbocycles. The van der Waals surface area contributed by atoms with Crippen molar-refractivity contribution in [3.05, 3.63) is 11.6 Å². The van der Waals surface area contributed by atoms with Crippen LogP contribution in [0.25, 0.3) is 0 Å². The number of carboxylic acid groups (broad SMARTS) is 1. The van der Waals surface area contributed by atoms with Crippen LogP contribution in [0.2, 0.25) is 0 Å². The van der Waals surface area contributed by atoms with E-state index in [2.05, 4.69) is 54.5 Å². The number of esters is 2. The smallest absolute Gasteiger partial charge is 0.323 e.